The molecule has 1 N–H and O–H groups in total. The van der Waals surface area contributed by atoms with Gasteiger partial charge in [0.25, 0.3) is 0 Å². The molecule has 1 saturated carbocycles. The SMILES string of the molecule is c1c[nH]c([C]2CC2)c1. The Morgan fingerprint density at radius 3 is 2.75 bits per heavy atom. The lowest BCUT2D eigenvalue weighted by Gasteiger charge is -1.84. The van der Waals surface area contributed by atoms with Crippen molar-refractivity contribution in [3.63, 3.8) is 0 Å². The number of nitrogens with one attached hydrogen (secondary N) is 1. The topological polar surface area (TPSA) is 15.8 Å². The van der Waals surface area contributed by atoms with Gasteiger partial charge >= 0.3 is 0 Å². The molecular weight excluding hydrogens is 98.1 g/mol. The summed E-state index contributed by atoms with van der Waals surface area (Å²) in [6.07, 6.45) is 4.58. The van der Waals surface area contributed by atoms with Crippen molar-refractivity contribution in [2.45, 2.75) is 12.8 Å². The van der Waals surface area contributed by atoms with Gasteiger partial charge in [-0.05, 0) is 25.0 Å². The van der Waals surface area contributed by atoms with Crippen LogP contribution in [0.1, 0.15) is 18.5 Å². The summed E-state index contributed by atoms with van der Waals surface area (Å²) in [5.41, 5.74) is 1.34. The Morgan fingerprint density at radius 1 is 1.38 bits per heavy atom. The predicted octanol–water partition coefficient (Wildman–Crippen LogP) is 1.73. The van der Waals surface area contributed by atoms with E-state index in [1.807, 2.05) is 12.3 Å². The summed E-state index contributed by atoms with van der Waals surface area (Å²) in [6.45, 7) is 0. The van der Waals surface area contributed by atoms with Gasteiger partial charge in [0, 0.05) is 17.8 Å². The fraction of sp³-hybridized carbons (Fsp3) is 0.286. The third-order valence-electron chi connectivity index (χ3n) is 1.48. The van der Waals surface area contributed by atoms with Crippen molar-refractivity contribution in [3.05, 3.63) is 29.9 Å². The van der Waals surface area contributed by atoms with Crippen LogP contribution in [-0.4, -0.2) is 4.98 Å². The standard InChI is InChI=1S/C7H8N/c1-2-7(8-5-1)6-3-4-6/h1-2,5,8H,3-4H2. The lowest BCUT2D eigenvalue weighted by atomic mass is 10.3. The molecule has 1 fully saturated rings. The van der Waals surface area contributed by atoms with Gasteiger partial charge in [-0.1, -0.05) is 0 Å². The number of hydrogen-bond acceptors (Lipinski definition) is 0. The van der Waals surface area contributed by atoms with Crippen molar-refractivity contribution in [1.82, 2.24) is 4.98 Å². The maximum absolute atomic E-state index is 3.16. The van der Waals surface area contributed by atoms with E-state index in [1.54, 1.807) is 5.92 Å². The second kappa shape index (κ2) is 1.38. The van der Waals surface area contributed by atoms with Crippen LogP contribution in [0.3, 0.4) is 0 Å². The van der Waals surface area contributed by atoms with E-state index in [4.69, 9.17) is 0 Å². The average molecular weight is 106 g/mol. The van der Waals surface area contributed by atoms with E-state index in [2.05, 4.69) is 11.1 Å². The second-order valence-electron chi connectivity index (χ2n) is 2.19. The first-order valence-electron chi connectivity index (χ1n) is 2.95. The Balaban J connectivity index is 2.28. The molecule has 0 saturated heterocycles. The van der Waals surface area contributed by atoms with Crippen molar-refractivity contribution < 1.29 is 0 Å². The summed E-state index contributed by atoms with van der Waals surface area (Å²) < 4.78 is 0. The maximum Gasteiger partial charge on any atom is 0.0219 e. The average Bonchev–Trinajstić information content (AvgIpc) is 2.49. The van der Waals surface area contributed by atoms with Crippen molar-refractivity contribution in [1.29, 1.82) is 0 Å². The number of H-pyrrole nitrogens is 1. The van der Waals surface area contributed by atoms with Crippen molar-refractivity contribution in [2.75, 3.05) is 0 Å². The summed E-state index contributed by atoms with van der Waals surface area (Å²) >= 11 is 0. The van der Waals surface area contributed by atoms with E-state index >= 15 is 0 Å². The highest BCUT2D eigenvalue weighted by Gasteiger charge is 2.24. The van der Waals surface area contributed by atoms with Crippen LogP contribution in [0.2, 0.25) is 0 Å². The third-order valence-corrected chi connectivity index (χ3v) is 1.48. The minimum absolute atomic E-state index is 1.31. The molecule has 0 bridgehead atoms. The van der Waals surface area contributed by atoms with Crippen LogP contribution in [0.4, 0.5) is 0 Å². The Kier molecular flexibility index (Phi) is 0.720. The van der Waals surface area contributed by atoms with Gasteiger partial charge in [-0.25, -0.2) is 0 Å². The highest BCUT2D eigenvalue weighted by molar-refractivity contribution is 5.31. The quantitative estimate of drug-likeness (QED) is 0.561. The summed E-state index contributed by atoms with van der Waals surface area (Å²) in [7, 11) is 0. The van der Waals surface area contributed by atoms with Gasteiger partial charge in [0.1, 0.15) is 0 Å². The van der Waals surface area contributed by atoms with E-state index in [0.717, 1.165) is 0 Å². The molecule has 1 heterocycles. The lowest BCUT2D eigenvalue weighted by Crippen LogP contribution is -1.74. The Bertz CT molecular complexity index is 161. The summed E-state index contributed by atoms with van der Waals surface area (Å²) in [5, 5.41) is 0. The van der Waals surface area contributed by atoms with Gasteiger partial charge in [-0.2, -0.15) is 0 Å². The summed E-state index contributed by atoms with van der Waals surface area (Å²) in [4.78, 5) is 3.16. The molecule has 1 radical (unpaired) electrons. The zero-order valence-corrected chi connectivity index (χ0v) is 4.65. The molecule has 0 aromatic carbocycles. The number of aromatic nitrogens is 1. The van der Waals surface area contributed by atoms with Crippen molar-refractivity contribution >= 4 is 0 Å². The van der Waals surface area contributed by atoms with Gasteiger partial charge in [0.15, 0.2) is 0 Å². The zero-order chi connectivity index (χ0) is 5.40. The predicted molar refractivity (Wildman–Crippen MR) is 32.4 cm³/mol. The fourth-order valence-corrected chi connectivity index (χ4v) is 0.882. The molecular formula is C7H8N. The molecule has 0 aliphatic heterocycles. The third kappa shape index (κ3) is 0.548. The van der Waals surface area contributed by atoms with E-state index in [0.29, 0.717) is 0 Å². The van der Waals surface area contributed by atoms with E-state index < -0.39 is 0 Å². The summed E-state index contributed by atoms with van der Waals surface area (Å²) in [6, 6.07) is 4.17. The molecule has 41 valence electrons. The van der Waals surface area contributed by atoms with Gasteiger partial charge < -0.3 is 4.98 Å². The molecule has 0 atom stereocenters. The zero-order valence-electron chi connectivity index (χ0n) is 4.65. The van der Waals surface area contributed by atoms with Crippen LogP contribution in [-0.2, 0) is 0 Å². The molecule has 1 heteroatoms. The first-order chi connectivity index (χ1) is 3.97. The van der Waals surface area contributed by atoms with Gasteiger partial charge in [-0.15, -0.1) is 0 Å². The molecule has 0 unspecified atom stereocenters. The molecule has 1 aromatic heterocycles. The monoisotopic (exact) mass is 106 g/mol. The van der Waals surface area contributed by atoms with Crippen LogP contribution in [0.25, 0.3) is 0 Å². The normalized spacial score (nSPS) is 19.0. The van der Waals surface area contributed by atoms with Gasteiger partial charge in [-0.3, -0.25) is 0 Å². The van der Waals surface area contributed by atoms with E-state index in [1.165, 1.54) is 18.5 Å². The number of aromatic amines is 1. The smallest absolute Gasteiger partial charge is 0.0219 e. The number of hydrogen-bond donors (Lipinski definition) is 1. The lowest BCUT2D eigenvalue weighted by molar-refractivity contribution is 1.25. The Hall–Kier alpha value is -0.720. The highest BCUT2D eigenvalue weighted by Crippen LogP contribution is 2.37. The van der Waals surface area contributed by atoms with Crippen LogP contribution < -0.4 is 0 Å². The first kappa shape index (κ1) is 4.19. The van der Waals surface area contributed by atoms with Crippen LogP contribution in [0.5, 0.6) is 0 Å². The minimum Gasteiger partial charge on any atom is -0.365 e. The molecule has 0 spiro atoms. The molecule has 1 aliphatic carbocycles. The van der Waals surface area contributed by atoms with Crippen molar-refractivity contribution in [3.8, 4) is 0 Å². The number of rotatable bonds is 1. The van der Waals surface area contributed by atoms with Crippen LogP contribution in [0, 0.1) is 5.92 Å². The minimum atomic E-state index is 1.31. The van der Waals surface area contributed by atoms with Gasteiger partial charge in [0.2, 0.25) is 0 Å². The fourth-order valence-electron chi connectivity index (χ4n) is 0.882. The van der Waals surface area contributed by atoms with E-state index in [9.17, 15) is 0 Å². The molecule has 1 nitrogen and oxygen atoms in total. The van der Waals surface area contributed by atoms with E-state index in [-0.39, 0.29) is 0 Å². The first-order valence-corrected chi connectivity index (χ1v) is 2.95. The largest absolute Gasteiger partial charge is 0.365 e. The van der Waals surface area contributed by atoms with Crippen LogP contribution in [0.15, 0.2) is 18.3 Å². The molecule has 0 amide bonds. The van der Waals surface area contributed by atoms with Gasteiger partial charge in [0.05, 0.1) is 0 Å². The maximum atomic E-state index is 3.16. The highest BCUT2D eigenvalue weighted by atomic mass is 14.7. The Morgan fingerprint density at radius 2 is 2.25 bits per heavy atom. The van der Waals surface area contributed by atoms with Crippen LogP contribution >= 0.6 is 0 Å². The summed E-state index contributed by atoms with van der Waals surface area (Å²) in [5.74, 6) is 1.58. The molecule has 1 aromatic rings. The molecule has 1 aliphatic rings. The molecule has 2 rings (SSSR count). The van der Waals surface area contributed by atoms with Crippen molar-refractivity contribution in [2.24, 2.45) is 0 Å². The second-order valence-corrected chi connectivity index (χ2v) is 2.19. The molecule has 8 heavy (non-hydrogen) atoms. The Labute approximate surface area is 48.7 Å².